The molecule has 110 valence electrons. The highest BCUT2D eigenvalue weighted by Gasteiger charge is 2.17. The molecule has 0 unspecified atom stereocenters. The van der Waals surface area contributed by atoms with Gasteiger partial charge in [0.2, 0.25) is 0 Å². The molecule has 21 heavy (non-hydrogen) atoms. The van der Waals surface area contributed by atoms with E-state index in [2.05, 4.69) is 16.9 Å². The molecule has 0 saturated carbocycles. The summed E-state index contributed by atoms with van der Waals surface area (Å²) in [6.45, 7) is 6.36. The van der Waals surface area contributed by atoms with E-state index in [4.69, 9.17) is 9.47 Å². The standard InChI is InChI=1S/C15H17N3O3/c1-3-10-21-15(19)14-12(2)18(17-16-14)9-11-20-13-7-5-4-6-8-13/h3-8H,1,9-11H2,2H3. The quantitative estimate of drug-likeness (QED) is 0.575. The fourth-order valence-corrected chi connectivity index (χ4v) is 1.73. The van der Waals surface area contributed by atoms with Crippen LogP contribution < -0.4 is 4.74 Å². The van der Waals surface area contributed by atoms with Crippen LogP contribution in [-0.2, 0) is 11.3 Å². The lowest BCUT2D eigenvalue weighted by Crippen LogP contribution is -2.12. The Labute approximate surface area is 123 Å². The van der Waals surface area contributed by atoms with E-state index in [0.717, 1.165) is 5.75 Å². The van der Waals surface area contributed by atoms with E-state index in [1.807, 2.05) is 30.3 Å². The van der Waals surface area contributed by atoms with Crippen LogP contribution in [0.2, 0.25) is 0 Å². The van der Waals surface area contributed by atoms with E-state index in [-0.39, 0.29) is 12.3 Å². The zero-order valence-corrected chi connectivity index (χ0v) is 11.9. The molecule has 0 bridgehead atoms. The molecule has 0 aliphatic heterocycles. The smallest absolute Gasteiger partial charge is 0.361 e. The lowest BCUT2D eigenvalue weighted by Gasteiger charge is -2.06. The first kappa shape index (κ1) is 14.8. The third kappa shape index (κ3) is 3.92. The summed E-state index contributed by atoms with van der Waals surface area (Å²) in [5.74, 6) is 0.295. The molecule has 0 N–H and O–H groups in total. The van der Waals surface area contributed by atoms with E-state index in [0.29, 0.717) is 18.8 Å². The highest BCUT2D eigenvalue weighted by molar-refractivity contribution is 5.88. The van der Waals surface area contributed by atoms with Crippen molar-refractivity contribution in [2.24, 2.45) is 0 Å². The first-order valence-electron chi connectivity index (χ1n) is 6.58. The van der Waals surface area contributed by atoms with Gasteiger partial charge in [0.25, 0.3) is 0 Å². The molecule has 0 aliphatic rings. The zero-order valence-electron chi connectivity index (χ0n) is 11.9. The van der Waals surface area contributed by atoms with Crippen LogP contribution in [0.3, 0.4) is 0 Å². The van der Waals surface area contributed by atoms with Crippen molar-refractivity contribution in [3.63, 3.8) is 0 Å². The fourth-order valence-electron chi connectivity index (χ4n) is 1.73. The van der Waals surface area contributed by atoms with Crippen molar-refractivity contribution < 1.29 is 14.3 Å². The average Bonchev–Trinajstić information content (AvgIpc) is 2.87. The number of para-hydroxylation sites is 1. The van der Waals surface area contributed by atoms with E-state index < -0.39 is 5.97 Å². The van der Waals surface area contributed by atoms with Gasteiger partial charge in [-0.3, -0.25) is 0 Å². The van der Waals surface area contributed by atoms with Crippen molar-refractivity contribution in [3.05, 3.63) is 54.4 Å². The molecule has 6 heteroatoms. The summed E-state index contributed by atoms with van der Waals surface area (Å²) in [7, 11) is 0. The first-order chi connectivity index (χ1) is 10.2. The first-order valence-corrected chi connectivity index (χ1v) is 6.58. The second-order valence-corrected chi connectivity index (χ2v) is 4.30. The van der Waals surface area contributed by atoms with Crippen molar-refractivity contribution in [3.8, 4) is 5.75 Å². The third-order valence-electron chi connectivity index (χ3n) is 2.82. The van der Waals surface area contributed by atoms with Gasteiger partial charge in [0, 0.05) is 0 Å². The monoisotopic (exact) mass is 287 g/mol. The molecule has 2 rings (SSSR count). The van der Waals surface area contributed by atoms with Crippen molar-refractivity contribution in [2.45, 2.75) is 13.5 Å². The highest BCUT2D eigenvalue weighted by Crippen LogP contribution is 2.09. The summed E-state index contributed by atoms with van der Waals surface area (Å²) in [6.07, 6.45) is 1.51. The topological polar surface area (TPSA) is 66.2 Å². The number of benzene rings is 1. The van der Waals surface area contributed by atoms with Crippen LogP contribution in [0.15, 0.2) is 43.0 Å². The zero-order chi connectivity index (χ0) is 15.1. The molecule has 2 aromatic rings. The molecule has 0 fully saturated rings. The Bertz CT molecular complexity index is 608. The Morgan fingerprint density at radius 3 is 2.86 bits per heavy atom. The van der Waals surface area contributed by atoms with Crippen molar-refractivity contribution >= 4 is 5.97 Å². The normalized spacial score (nSPS) is 10.1. The second-order valence-electron chi connectivity index (χ2n) is 4.30. The minimum Gasteiger partial charge on any atom is -0.492 e. The number of aromatic nitrogens is 3. The summed E-state index contributed by atoms with van der Waals surface area (Å²) < 4.78 is 12.1. The Balaban J connectivity index is 1.91. The number of carbonyl (C=O) groups excluding carboxylic acids is 1. The van der Waals surface area contributed by atoms with Gasteiger partial charge in [-0.05, 0) is 19.1 Å². The molecule has 1 aromatic carbocycles. The summed E-state index contributed by atoms with van der Waals surface area (Å²) >= 11 is 0. The molecule has 6 nitrogen and oxygen atoms in total. The Morgan fingerprint density at radius 2 is 2.14 bits per heavy atom. The predicted octanol–water partition coefficient (Wildman–Crippen LogP) is 2.01. The van der Waals surface area contributed by atoms with Gasteiger partial charge < -0.3 is 9.47 Å². The fraction of sp³-hybridized carbons (Fsp3) is 0.267. The van der Waals surface area contributed by atoms with Gasteiger partial charge in [-0.25, -0.2) is 9.48 Å². The molecular weight excluding hydrogens is 270 g/mol. The number of ether oxygens (including phenoxy) is 2. The van der Waals surface area contributed by atoms with Gasteiger partial charge in [-0.2, -0.15) is 0 Å². The van der Waals surface area contributed by atoms with Gasteiger partial charge in [-0.1, -0.05) is 36.1 Å². The van der Waals surface area contributed by atoms with E-state index in [1.54, 1.807) is 11.6 Å². The maximum Gasteiger partial charge on any atom is 0.361 e. The summed E-state index contributed by atoms with van der Waals surface area (Å²) in [4.78, 5) is 11.7. The van der Waals surface area contributed by atoms with Crippen LogP contribution in [0.4, 0.5) is 0 Å². The molecule has 1 heterocycles. The summed E-state index contributed by atoms with van der Waals surface area (Å²) in [5, 5.41) is 7.78. The van der Waals surface area contributed by atoms with Gasteiger partial charge in [0.15, 0.2) is 5.69 Å². The molecule has 0 saturated heterocycles. The van der Waals surface area contributed by atoms with Crippen molar-refractivity contribution in [1.82, 2.24) is 15.0 Å². The number of carbonyl (C=O) groups is 1. The largest absolute Gasteiger partial charge is 0.492 e. The number of nitrogens with zero attached hydrogens (tertiary/aromatic N) is 3. The molecule has 0 radical (unpaired) electrons. The molecule has 0 aliphatic carbocycles. The second kappa shape index (κ2) is 7.23. The molecule has 0 spiro atoms. The predicted molar refractivity (Wildman–Crippen MR) is 77.2 cm³/mol. The van der Waals surface area contributed by atoms with Gasteiger partial charge >= 0.3 is 5.97 Å². The third-order valence-corrected chi connectivity index (χ3v) is 2.82. The minimum atomic E-state index is -0.498. The summed E-state index contributed by atoms with van der Waals surface area (Å²) in [5.41, 5.74) is 0.872. The van der Waals surface area contributed by atoms with Gasteiger partial charge in [-0.15, -0.1) is 5.10 Å². The summed E-state index contributed by atoms with van der Waals surface area (Å²) in [6, 6.07) is 9.50. The lowest BCUT2D eigenvalue weighted by molar-refractivity contribution is 0.0542. The maximum absolute atomic E-state index is 11.7. The number of esters is 1. The Hall–Kier alpha value is -2.63. The molecule has 1 aromatic heterocycles. The average molecular weight is 287 g/mol. The van der Waals surface area contributed by atoms with Crippen molar-refractivity contribution in [1.29, 1.82) is 0 Å². The lowest BCUT2D eigenvalue weighted by atomic mass is 10.3. The van der Waals surface area contributed by atoms with Gasteiger partial charge in [0.05, 0.1) is 12.2 Å². The Kier molecular flexibility index (Phi) is 5.09. The van der Waals surface area contributed by atoms with E-state index in [1.165, 1.54) is 6.08 Å². The van der Waals surface area contributed by atoms with Gasteiger partial charge in [0.1, 0.15) is 19.0 Å². The van der Waals surface area contributed by atoms with Crippen LogP contribution >= 0.6 is 0 Å². The molecule has 0 amide bonds. The number of hydrogen-bond donors (Lipinski definition) is 0. The van der Waals surface area contributed by atoms with Crippen LogP contribution in [-0.4, -0.2) is 34.2 Å². The molecular formula is C15H17N3O3. The minimum absolute atomic E-state index is 0.155. The number of rotatable bonds is 7. The highest BCUT2D eigenvalue weighted by atomic mass is 16.5. The van der Waals surface area contributed by atoms with Crippen LogP contribution in [0.25, 0.3) is 0 Å². The Morgan fingerprint density at radius 1 is 1.38 bits per heavy atom. The van der Waals surface area contributed by atoms with Crippen LogP contribution in [0, 0.1) is 6.92 Å². The van der Waals surface area contributed by atoms with Crippen molar-refractivity contribution in [2.75, 3.05) is 13.2 Å². The molecule has 0 atom stereocenters. The SMILES string of the molecule is C=CCOC(=O)c1nnn(CCOc2ccccc2)c1C. The van der Waals surface area contributed by atoms with Crippen LogP contribution in [0.1, 0.15) is 16.2 Å². The van der Waals surface area contributed by atoms with Crippen LogP contribution in [0.5, 0.6) is 5.75 Å². The maximum atomic E-state index is 11.7. The van der Waals surface area contributed by atoms with E-state index in [9.17, 15) is 4.79 Å². The number of hydrogen-bond acceptors (Lipinski definition) is 5. The van der Waals surface area contributed by atoms with E-state index >= 15 is 0 Å².